The number of nitrogens with zero attached hydrogens (tertiary/aromatic N) is 1. The van der Waals surface area contributed by atoms with Crippen molar-refractivity contribution in [1.82, 2.24) is 0 Å². The van der Waals surface area contributed by atoms with Gasteiger partial charge in [-0.1, -0.05) is 108 Å². The van der Waals surface area contributed by atoms with Crippen LogP contribution in [0.4, 0.5) is 5.69 Å². The van der Waals surface area contributed by atoms with Gasteiger partial charge in [0.25, 0.3) is 0 Å². The third kappa shape index (κ3) is 5.29. The summed E-state index contributed by atoms with van der Waals surface area (Å²) >= 11 is 7.86. The molecule has 1 nitrogen and oxygen atoms in total. The first-order chi connectivity index (χ1) is 14.8. The molecular weight excluding hydrogens is 406 g/mol. The summed E-state index contributed by atoms with van der Waals surface area (Å²) in [6.45, 7) is 0. The lowest BCUT2D eigenvalue weighted by molar-refractivity contribution is 1.47. The van der Waals surface area contributed by atoms with E-state index in [1.165, 1.54) is 11.1 Å². The number of hydrogen-bond donors (Lipinski definition) is 0. The summed E-state index contributed by atoms with van der Waals surface area (Å²) in [5.41, 5.74) is 5.28. The molecule has 0 atom stereocenters. The lowest BCUT2D eigenvalue weighted by Crippen LogP contribution is -1.96. The van der Waals surface area contributed by atoms with Crippen molar-refractivity contribution in [2.45, 2.75) is 4.90 Å². The number of allylic oxidation sites excluding steroid dienone is 1. The van der Waals surface area contributed by atoms with Gasteiger partial charge in [-0.2, -0.15) is 0 Å². The highest BCUT2D eigenvalue weighted by atomic mass is 35.5. The second-order valence-corrected chi connectivity index (χ2v) is 7.98. The van der Waals surface area contributed by atoms with Gasteiger partial charge in [0.2, 0.25) is 0 Å². The zero-order chi connectivity index (χ0) is 20.6. The summed E-state index contributed by atoms with van der Waals surface area (Å²) in [5.74, 6) is 0. The number of aliphatic imine (C=N–C) groups is 1. The van der Waals surface area contributed by atoms with Gasteiger partial charge in [-0.25, -0.2) is 4.99 Å². The molecular formula is C27H20ClNS. The monoisotopic (exact) mass is 425 g/mol. The first-order valence-corrected chi connectivity index (χ1v) is 10.9. The van der Waals surface area contributed by atoms with Gasteiger partial charge < -0.3 is 0 Å². The minimum atomic E-state index is 0.751. The summed E-state index contributed by atoms with van der Waals surface area (Å²) < 4.78 is 0. The molecule has 0 radical (unpaired) electrons. The van der Waals surface area contributed by atoms with Crippen molar-refractivity contribution < 1.29 is 0 Å². The Labute approximate surface area is 186 Å². The fraction of sp³-hybridized carbons (Fsp3) is 0. The normalized spacial score (nSPS) is 11.7. The van der Waals surface area contributed by atoms with Crippen molar-refractivity contribution in [2.24, 2.45) is 4.99 Å². The smallest absolute Gasteiger partial charge is 0.0714 e. The molecule has 0 aliphatic heterocycles. The number of thioether (sulfide) groups is 1. The molecule has 0 aliphatic rings. The Morgan fingerprint density at radius 1 is 0.667 bits per heavy atom. The van der Waals surface area contributed by atoms with E-state index in [0.29, 0.717) is 0 Å². The Bertz CT molecular complexity index is 1150. The van der Waals surface area contributed by atoms with E-state index in [4.69, 9.17) is 16.6 Å². The predicted octanol–water partition coefficient (Wildman–Crippen LogP) is 8.43. The number of hydrogen-bond acceptors (Lipinski definition) is 2. The molecule has 146 valence electrons. The molecule has 0 saturated carbocycles. The van der Waals surface area contributed by atoms with Crippen LogP contribution in [-0.4, -0.2) is 5.71 Å². The zero-order valence-electron chi connectivity index (χ0n) is 16.3. The van der Waals surface area contributed by atoms with E-state index in [1.54, 1.807) is 11.8 Å². The Kier molecular flexibility index (Phi) is 6.81. The van der Waals surface area contributed by atoms with E-state index in [9.17, 15) is 0 Å². The van der Waals surface area contributed by atoms with E-state index >= 15 is 0 Å². The molecule has 0 spiro atoms. The number of benzene rings is 4. The average molecular weight is 426 g/mol. The molecule has 0 aromatic heterocycles. The first-order valence-electron chi connectivity index (χ1n) is 9.67. The zero-order valence-corrected chi connectivity index (χ0v) is 17.9. The van der Waals surface area contributed by atoms with Crippen LogP contribution in [-0.2, 0) is 0 Å². The van der Waals surface area contributed by atoms with Crippen molar-refractivity contribution in [1.29, 1.82) is 0 Å². The van der Waals surface area contributed by atoms with Crippen LogP contribution in [0.5, 0.6) is 0 Å². The Hall–Kier alpha value is -3.07. The van der Waals surface area contributed by atoms with Crippen LogP contribution in [0.25, 0.3) is 11.1 Å². The molecule has 3 heteroatoms. The maximum absolute atomic E-state index is 6.28. The van der Waals surface area contributed by atoms with Crippen LogP contribution in [0.2, 0.25) is 5.02 Å². The highest BCUT2D eigenvalue weighted by molar-refractivity contribution is 8.02. The highest BCUT2D eigenvalue weighted by Crippen LogP contribution is 2.28. The van der Waals surface area contributed by atoms with E-state index < -0.39 is 0 Å². The molecule has 4 aromatic carbocycles. The summed E-state index contributed by atoms with van der Waals surface area (Å²) in [4.78, 5) is 5.89. The van der Waals surface area contributed by atoms with Gasteiger partial charge in [-0.05, 0) is 46.9 Å². The van der Waals surface area contributed by atoms with E-state index in [-0.39, 0.29) is 0 Å². The van der Waals surface area contributed by atoms with Gasteiger partial charge in [0.15, 0.2) is 0 Å². The Morgan fingerprint density at radius 3 is 1.97 bits per heavy atom. The van der Waals surface area contributed by atoms with Crippen LogP contribution in [0.1, 0.15) is 5.56 Å². The van der Waals surface area contributed by atoms with Gasteiger partial charge in [0.1, 0.15) is 0 Å². The highest BCUT2D eigenvalue weighted by Gasteiger charge is 2.04. The van der Waals surface area contributed by atoms with Gasteiger partial charge in [0, 0.05) is 10.5 Å². The summed E-state index contributed by atoms with van der Waals surface area (Å²) in [6.07, 6.45) is 2.04. The van der Waals surface area contributed by atoms with Crippen molar-refractivity contribution in [3.05, 3.63) is 131 Å². The molecule has 0 N–H and O–H groups in total. The molecule has 0 unspecified atom stereocenters. The Morgan fingerprint density at radius 2 is 1.27 bits per heavy atom. The fourth-order valence-electron chi connectivity index (χ4n) is 3.02. The fourth-order valence-corrected chi connectivity index (χ4v) is 3.97. The molecule has 0 amide bonds. The molecule has 0 bridgehead atoms. The van der Waals surface area contributed by atoms with Crippen molar-refractivity contribution in [3.63, 3.8) is 0 Å². The second-order valence-electron chi connectivity index (χ2n) is 6.63. The first kappa shape index (κ1) is 20.2. The van der Waals surface area contributed by atoms with Crippen molar-refractivity contribution >= 4 is 34.8 Å². The molecule has 4 aromatic rings. The van der Waals surface area contributed by atoms with Gasteiger partial charge in [-0.3, -0.25) is 0 Å². The Balaban J connectivity index is 1.63. The second kappa shape index (κ2) is 10.1. The topological polar surface area (TPSA) is 12.4 Å². The van der Waals surface area contributed by atoms with Crippen LogP contribution < -0.4 is 0 Å². The molecule has 0 heterocycles. The van der Waals surface area contributed by atoms with Gasteiger partial charge >= 0.3 is 0 Å². The summed E-state index contributed by atoms with van der Waals surface area (Å²) in [5, 5.41) is 2.79. The quantitative estimate of drug-likeness (QED) is 0.223. The average Bonchev–Trinajstić information content (AvgIpc) is 2.81. The van der Waals surface area contributed by atoms with Crippen LogP contribution in [0.3, 0.4) is 0 Å². The lowest BCUT2D eigenvalue weighted by atomic mass is 10.0. The van der Waals surface area contributed by atoms with Crippen LogP contribution in [0, 0.1) is 0 Å². The van der Waals surface area contributed by atoms with Crippen molar-refractivity contribution in [3.8, 4) is 11.1 Å². The van der Waals surface area contributed by atoms with Gasteiger partial charge in [0.05, 0.1) is 16.4 Å². The number of rotatable bonds is 6. The van der Waals surface area contributed by atoms with Crippen molar-refractivity contribution in [2.75, 3.05) is 0 Å². The summed E-state index contributed by atoms with van der Waals surface area (Å²) in [6, 6.07) is 36.7. The SMILES string of the molecule is Clc1ccccc1SC=CC(=Nc1ccccc1)c1ccc(-c2ccccc2)cc1. The number of halogens is 1. The molecule has 0 saturated heterocycles. The van der Waals surface area contributed by atoms with E-state index in [0.717, 1.165) is 26.9 Å². The maximum Gasteiger partial charge on any atom is 0.0714 e. The predicted molar refractivity (Wildman–Crippen MR) is 131 cm³/mol. The molecule has 4 rings (SSSR count). The van der Waals surface area contributed by atoms with Crippen LogP contribution in [0.15, 0.2) is 131 Å². The van der Waals surface area contributed by atoms with E-state index in [1.807, 2.05) is 72.1 Å². The molecule has 0 fully saturated rings. The molecule has 30 heavy (non-hydrogen) atoms. The van der Waals surface area contributed by atoms with Crippen LogP contribution >= 0.6 is 23.4 Å². The third-order valence-electron chi connectivity index (χ3n) is 4.55. The molecule has 0 aliphatic carbocycles. The number of para-hydroxylation sites is 1. The van der Waals surface area contributed by atoms with E-state index in [2.05, 4.69) is 48.5 Å². The van der Waals surface area contributed by atoms with Gasteiger partial charge in [-0.15, -0.1) is 0 Å². The standard InChI is InChI=1S/C27H20ClNS/c28-25-13-7-8-14-27(25)30-20-19-26(29-24-11-5-2-6-12-24)23-17-15-22(16-18-23)21-9-3-1-4-10-21/h1-20H. The largest absolute Gasteiger partial charge is 0.248 e. The third-order valence-corrected chi connectivity index (χ3v) is 5.87. The minimum absolute atomic E-state index is 0.751. The minimum Gasteiger partial charge on any atom is -0.248 e. The maximum atomic E-state index is 6.28. The summed E-state index contributed by atoms with van der Waals surface area (Å²) in [7, 11) is 0. The lowest BCUT2D eigenvalue weighted by Gasteiger charge is -2.06.